The Morgan fingerprint density at radius 3 is 2.33 bits per heavy atom. The van der Waals surface area contributed by atoms with Crippen molar-refractivity contribution >= 4 is 11.6 Å². The van der Waals surface area contributed by atoms with E-state index in [9.17, 15) is 4.79 Å². The molecule has 0 saturated heterocycles. The summed E-state index contributed by atoms with van der Waals surface area (Å²) in [5.74, 6) is 2.33. The first-order chi connectivity index (χ1) is 13.2. The molecule has 0 heterocycles. The smallest absolute Gasteiger partial charge is 0.262 e. The van der Waals surface area contributed by atoms with Crippen LogP contribution in [0.4, 0.5) is 5.69 Å². The quantitative estimate of drug-likeness (QED) is 0.764. The number of amides is 1. The van der Waals surface area contributed by atoms with Gasteiger partial charge < -0.3 is 19.5 Å². The van der Waals surface area contributed by atoms with Crippen LogP contribution in [0.3, 0.4) is 0 Å². The molecule has 2 aromatic rings. The van der Waals surface area contributed by atoms with Crippen LogP contribution in [0, 0.1) is 0 Å². The molecule has 2 aromatic carbocycles. The lowest BCUT2D eigenvalue weighted by molar-refractivity contribution is -0.118. The molecule has 0 unspecified atom stereocenters. The fourth-order valence-electron chi connectivity index (χ4n) is 3.51. The molecule has 1 amide bonds. The fourth-order valence-corrected chi connectivity index (χ4v) is 3.51. The van der Waals surface area contributed by atoms with Crippen LogP contribution in [0.25, 0.3) is 0 Å². The van der Waals surface area contributed by atoms with E-state index < -0.39 is 0 Å². The number of rotatable bonds is 7. The van der Waals surface area contributed by atoms with Crippen molar-refractivity contribution in [2.75, 3.05) is 26.1 Å². The Hall–Kier alpha value is -2.69. The molecule has 1 aliphatic carbocycles. The van der Waals surface area contributed by atoms with E-state index in [0.29, 0.717) is 28.9 Å². The Labute approximate surface area is 160 Å². The molecule has 27 heavy (non-hydrogen) atoms. The van der Waals surface area contributed by atoms with Crippen LogP contribution < -0.4 is 19.5 Å². The van der Waals surface area contributed by atoms with Gasteiger partial charge in [-0.15, -0.1) is 0 Å². The normalized spacial score (nSPS) is 14.4. The first-order valence-corrected chi connectivity index (χ1v) is 9.44. The third-order valence-electron chi connectivity index (χ3n) is 5.01. The molecule has 1 saturated carbocycles. The highest BCUT2D eigenvalue weighted by molar-refractivity contribution is 5.93. The minimum atomic E-state index is -0.241. The van der Waals surface area contributed by atoms with Gasteiger partial charge in [0.05, 0.1) is 19.9 Å². The van der Waals surface area contributed by atoms with E-state index in [0.717, 1.165) is 0 Å². The number of nitrogens with one attached hydrogen (secondary N) is 1. The summed E-state index contributed by atoms with van der Waals surface area (Å²) in [6.07, 6.45) is 6.53. The van der Waals surface area contributed by atoms with E-state index in [1.807, 2.05) is 12.1 Å². The molecule has 144 valence electrons. The van der Waals surface area contributed by atoms with E-state index in [1.54, 1.807) is 32.4 Å². The average Bonchev–Trinajstić information content (AvgIpc) is 2.73. The van der Waals surface area contributed by atoms with Crippen molar-refractivity contribution in [3.63, 3.8) is 0 Å². The zero-order valence-electron chi connectivity index (χ0n) is 16.0. The van der Waals surface area contributed by atoms with E-state index in [4.69, 9.17) is 14.2 Å². The number of hydrogen-bond donors (Lipinski definition) is 1. The van der Waals surface area contributed by atoms with Gasteiger partial charge in [0.25, 0.3) is 5.91 Å². The summed E-state index contributed by atoms with van der Waals surface area (Å²) in [5, 5.41) is 2.80. The SMILES string of the molecule is COc1ccc(NC(=O)COc2ccc(C3CCCCC3)cc2)c(OC)c1. The molecule has 0 atom stereocenters. The number of anilines is 1. The molecule has 0 aromatic heterocycles. The molecular weight excluding hydrogens is 342 g/mol. The van der Waals surface area contributed by atoms with E-state index in [2.05, 4.69) is 17.4 Å². The van der Waals surface area contributed by atoms with Crippen LogP contribution in [0.2, 0.25) is 0 Å². The molecule has 0 bridgehead atoms. The van der Waals surface area contributed by atoms with Gasteiger partial charge in [-0.25, -0.2) is 0 Å². The summed E-state index contributed by atoms with van der Waals surface area (Å²) in [7, 11) is 3.13. The maximum atomic E-state index is 12.2. The number of carbonyl (C=O) groups is 1. The van der Waals surface area contributed by atoms with Crippen LogP contribution in [0.1, 0.15) is 43.6 Å². The highest BCUT2D eigenvalue weighted by atomic mass is 16.5. The Bertz CT molecular complexity index is 751. The summed E-state index contributed by atoms with van der Waals surface area (Å²) >= 11 is 0. The molecule has 1 aliphatic rings. The summed E-state index contributed by atoms with van der Waals surface area (Å²) < 4.78 is 16.1. The second-order valence-corrected chi connectivity index (χ2v) is 6.81. The number of benzene rings is 2. The third-order valence-corrected chi connectivity index (χ3v) is 5.01. The minimum Gasteiger partial charge on any atom is -0.497 e. The predicted molar refractivity (Wildman–Crippen MR) is 106 cm³/mol. The van der Waals surface area contributed by atoms with Crippen LogP contribution in [-0.4, -0.2) is 26.7 Å². The maximum absolute atomic E-state index is 12.2. The molecular formula is C22H27NO4. The Morgan fingerprint density at radius 1 is 0.963 bits per heavy atom. The first kappa shape index (κ1) is 19.1. The predicted octanol–water partition coefficient (Wildman–Crippen LogP) is 4.77. The van der Waals surface area contributed by atoms with Crippen molar-refractivity contribution in [3.8, 4) is 17.2 Å². The van der Waals surface area contributed by atoms with Gasteiger partial charge in [0.1, 0.15) is 17.2 Å². The highest BCUT2D eigenvalue weighted by Gasteiger charge is 2.15. The Kier molecular flexibility index (Phi) is 6.58. The molecule has 3 rings (SSSR count). The largest absolute Gasteiger partial charge is 0.497 e. The van der Waals surface area contributed by atoms with E-state index in [1.165, 1.54) is 37.7 Å². The lowest BCUT2D eigenvalue weighted by Gasteiger charge is -2.22. The van der Waals surface area contributed by atoms with Crippen LogP contribution >= 0.6 is 0 Å². The second-order valence-electron chi connectivity index (χ2n) is 6.81. The minimum absolute atomic E-state index is 0.0576. The summed E-state index contributed by atoms with van der Waals surface area (Å²) in [5.41, 5.74) is 1.95. The van der Waals surface area contributed by atoms with Gasteiger partial charge in [-0.3, -0.25) is 4.79 Å². The summed E-state index contributed by atoms with van der Waals surface area (Å²) in [4.78, 5) is 12.2. The van der Waals surface area contributed by atoms with Crippen molar-refractivity contribution in [1.82, 2.24) is 0 Å². The van der Waals surface area contributed by atoms with E-state index in [-0.39, 0.29) is 12.5 Å². The standard InChI is InChI=1S/C22H27NO4/c1-25-19-12-13-20(21(14-19)26-2)23-22(24)15-27-18-10-8-17(9-11-18)16-6-4-3-5-7-16/h8-14,16H,3-7,15H2,1-2H3,(H,23,24). The Morgan fingerprint density at radius 2 is 1.67 bits per heavy atom. The van der Waals surface area contributed by atoms with E-state index >= 15 is 0 Å². The molecule has 0 radical (unpaired) electrons. The highest BCUT2D eigenvalue weighted by Crippen LogP contribution is 2.33. The van der Waals surface area contributed by atoms with Crippen molar-refractivity contribution < 1.29 is 19.0 Å². The van der Waals surface area contributed by atoms with Crippen molar-refractivity contribution in [3.05, 3.63) is 48.0 Å². The van der Waals surface area contributed by atoms with Gasteiger partial charge in [0.2, 0.25) is 0 Å². The summed E-state index contributed by atoms with van der Waals surface area (Å²) in [6.45, 7) is -0.0576. The second kappa shape index (κ2) is 9.31. The number of ether oxygens (including phenoxy) is 3. The zero-order valence-corrected chi connectivity index (χ0v) is 16.0. The van der Waals surface area contributed by atoms with Gasteiger partial charge in [0.15, 0.2) is 6.61 Å². The number of hydrogen-bond acceptors (Lipinski definition) is 4. The van der Waals surface area contributed by atoms with Gasteiger partial charge in [-0.2, -0.15) is 0 Å². The monoisotopic (exact) mass is 369 g/mol. The molecule has 0 aliphatic heterocycles. The van der Waals surface area contributed by atoms with Gasteiger partial charge in [-0.1, -0.05) is 31.4 Å². The van der Waals surface area contributed by atoms with Crippen molar-refractivity contribution in [2.24, 2.45) is 0 Å². The number of methoxy groups -OCH3 is 2. The van der Waals surface area contributed by atoms with Crippen molar-refractivity contribution in [2.45, 2.75) is 38.0 Å². The summed E-state index contributed by atoms with van der Waals surface area (Å²) in [6, 6.07) is 13.4. The van der Waals surface area contributed by atoms with Crippen LogP contribution in [-0.2, 0) is 4.79 Å². The fraction of sp³-hybridized carbons (Fsp3) is 0.409. The number of carbonyl (C=O) groups excluding carboxylic acids is 1. The van der Waals surface area contributed by atoms with Gasteiger partial charge >= 0.3 is 0 Å². The average molecular weight is 369 g/mol. The Balaban J connectivity index is 1.53. The third kappa shape index (κ3) is 5.16. The first-order valence-electron chi connectivity index (χ1n) is 9.44. The molecule has 5 heteroatoms. The maximum Gasteiger partial charge on any atom is 0.262 e. The molecule has 1 N–H and O–H groups in total. The molecule has 0 spiro atoms. The molecule has 1 fully saturated rings. The topological polar surface area (TPSA) is 56.8 Å². The van der Waals surface area contributed by atoms with Crippen LogP contribution in [0.15, 0.2) is 42.5 Å². The lowest BCUT2D eigenvalue weighted by atomic mass is 9.84. The lowest BCUT2D eigenvalue weighted by Crippen LogP contribution is -2.20. The zero-order chi connectivity index (χ0) is 19.1. The van der Waals surface area contributed by atoms with Gasteiger partial charge in [0, 0.05) is 6.07 Å². The van der Waals surface area contributed by atoms with Gasteiger partial charge in [-0.05, 0) is 48.6 Å². The molecule has 5 nitrogen and oxygen atoms in total. The van der Waals surface area contributed by atoms with Crippen molar-refractivity contribution in [1.29, 1.82) is 0 Å². The van der Waals surface area contributed by atoms with Crippen LogP contribution in [0.5, 0.6) is 17.2 Å².